The van der Waals surface area contributed by atoms with E-state index in [0.717, 1.165) is 128 Å². The van der Waals surface area contributed by atoms with E-state index in [4.69, 9.17) is 18.9 Å². The summed E-state index contributed by atoms with van der Waals surface area (Å²) in [5.41, 5.74) is 7.00. The smallest absolute Gasteiger partial charge is 0.127 e. The second kappa shape index (κ2) is 29.0. The SMILES string of the molecule is CCC1CCC(Oc2cc(O)c3cc2C(c2ccc(O)cc2)c2cc(c(OC4CCC(CC)CC4)cc2O)C(c2ccc(O)cc2)c2cc(c(OC4CCC(CC)CC4)cc2O)C(c2ccc(O)cc2)c2cc(c(OC4CCC(CC)CC4)cc2O)C3c2ccc(O)cc2)CC1. The highest BCUT2D eigenvalue weighted by Gasteiger charge is 2.39. The Morgan fingerprint density at radius 3 is 0.583 bits per heavy atom. The maximum Gasteiger partial charge on any atom is 0.127 e. The number of hydrogen-bond donors (Lipinski definition) is 8. The van der Waals surface area contributed by atoms with Crippen LogP contribution in [0.4, 0.5) is 0 Å². The average Bonchev–Trinajstić information content (AvgIpc) is 0.741. The minimum absolute atomic E-state index is 0.0468. The summed E-state index contributed by atoms with van der Waals surface area (Å²) in [6.07, 6.45) is 17.7. The van der Waals surface area contributed by atoms with Gasteiger partial charge in [0.15, 0.2) is 0 Å². The molecule has 13 rings (SSSR count). The molecule has 96 heavy (non-hydrogen) atoms. The first kappa shape index (κ1) is 66.0. The Balaban J connectivity index is 1.17. The molecule has 4 atom stereocenters. The highest BCUT2D eigenvalue weighted by Crippen LogP contribution is 2.56. The molecule has 8 aromatic carbocycles. The average molecular weight is 1300 g/mol. The summed E-state index contributed by atoms with van der Waals surface area (Å²) in [6.45, 7) is 8.93. The van der Waals surface area contributed by atoms with Gasteiger partial charge in [0.05, 0.1) is 24.4 Å². The molecule has 0 spiro atoms. The van der Waals surface area contributed by atoms with Crippen LogP contribution in [-0.4, -0.2) is 65.3 Å². The largest absolute Gasteiger partial charge is 0.508 e. The molecular formula is C84H96O12. The van der Waals surface area contributed by atoms with E-state index in [-0.39, 0.29) is 70.4 Å². The van der Waals surface area contributed by atoms with Crippen molar-refractivity contribution in [3.8, 4) is 69.0 Å². The molecule has 0 aliphatic heterocycles. The predicted octanol–water partition coefficient (Wildman–Crippen LogP) is 19.8. The van der Waals surface area contributed by atoms with Gasteiger partial charge in [-0.05, 0) is 221 Å². The first-order valence-corrected chi connectivity index (χ1v) is 35.9. The summed E-state index contributed by atoms with van der Waals surface area (Å²) in [6, 6.07) is 42.8. The molecular weight excluding hydrogens is 1200 g/mol. The number of hydrogen-bond acceptors (Lipinski definition) is 12. The molecule has 504 valence electrons. The van der Waals surface area contributed by atoms with Gasteiger partial charge in [0.25, 0.3) is 0 Å². The zero-order valence-corrected chi connectivity index (χ0v) is 56.1. The molecule has 0 saturated heterocycles. The molecule has 0 aromatic heterocycles. The lowest BCUT2D eigenvalue weighted by Crippen LogP contribution is -2.25. The van der Waals surface area contributed by atoms with Crippen molar-refractivity contribution >= 4 is 0 Å². The van der Waals surface area contributed by atoms with Crippen molar-refractivity contribution in [2.24, 2.45) is 23.7 Å². The Kier molecular flexibility index (Phi) is 19.9. The number of aromatic hydroxyl groups is 8. The van der Waals surface area contributed by atoms with Crippen molar-refractivity contribution < 1.29 is 59.8 Å². The van der Waals surface area contributed by atoms with E-state index in [9.17, 15) is 40.9 Å². The Hall–Kier alpha value is -8.64. The van der Waals surface area contributed by atoms with Gasteiger partial charge in [0.1, 0.15) is 69.0 Å². The molecule has 5 aliphatic carbocycles. The fraction of sp³-hybridized carbons (Fsp3) is 0.429. The van der Waals surface area contributed by atoms with Crippen molar-refractivity contribution in [3.63, 3.8) is 0 Å². The van der Waals surface area contributed by atoms with Crippen LogP contribution in [0.25, 0.3) is 0 Å². The first-order chi connectivity index (χ1) is 46.6. The van der Waals surface area contributed by atoms with Crippen molar-refractivity contribution in [1.82, 2.24) is 0 Å². The van der Waals surface area contributed by atoms with Crippen LogP contribution in [0.15, 0.2) is 146 Å². The van der Waals surface area contributed by atoms with E-state index < -0.39 is 23.7 Å². The van der Waals surface area contributed by atoms with Gasteiger partial charge in [-0.25, -0.2) is 0 Å². The van der Waals surface area contributed by atoms with E-state index in [1.807, 2.05) is 72.8 Å². The maximum absolute atomic E-state index is 13.4. The number of benzene rings is 8. The molecule has 12 nitrogen and oxygen atoms in total. The number of ether oxygens (including phenoxy) is 4. The van der Waals surface area contributed by atoms with Gasteiger partial charge in [-0.1, -0.05) is 102 Å². The maximum atomic E-state index is 13.4. The minimum atomic E-state index is -0.880. The van der Waals surface area contributed by atoms with Crippen molar-refractivity contribution in [2.75, 3.05) is 0 Å². The van der Waals surface area contributed by atoms with Crippen LogP contribution in [0.5, 0.6) is 69.0 Å². The predicted molar refractivity (Wildman–Crippen MR) is 375 cm³/mol. The fourth-order valence-electron chi connectivity index (χ4n) is 16.8. The van der Waals surface area contributed by atoms with Gasteiger partial charge in [-0.3, -0.25) is 0 Å². The number of fused-ring (bicyclic) bond motifs is 8. The molecule has 12 heteroatoms. The van der Waals surface area contributed by atoms with Crippen LogP contribution < -0.4 is 18.9 Å². The monoisotopic (exact) mass is 1300 g/mol. The van der Waals surface area contributed by atoms with Crippen LogP contribution in [0.2, 0.25) is 0 Å². The highest BCUT2D eigenvalue weighted by molar-refractivity contribution is 5.68. The summed E-state index contributed by atoms with van der Waals surface area (Å²) in [7, 11) is 0. The van der Waals surface area contributed by atoms with Crippen molar-refractivity contribution in [1.29, 1.82) is 0 Å². The lowest BCUT2D eigenvalue weighted by molar-refractivity contribution is 0.128. The molecule has 0 amide bonds. The van der Waals surface area contributed by atoms with E-state index in [1.54, 1.807) is 72.8 Å². The van der Waals surface area contributed by atoms with Gasteiger partial charge in [0.2, 0.25) is 0 Å². The quantitative estimate of drug-likeness (QED) is 0.0456. The molecule has 5 aliphatic rings. The summed E-state index contributed by atoms with van der Waals surface area (Å²) in [4.78, 5) is 0. The summed E-state index contributed by atoms with van der Waals surface area (Å²) in [5.74, 6) is 0.265. The molecule has 4 unspecified atom stereocenters. The summed E-state index contributed by atoms with van der Waals surface area (Å²) in [5, 5.41) is 98.0. The molecule has 8 N–H and O–H groups in total. The first-order valence-electron chi connectivity index (χ1n) is 35.9. The Morgan fingerprint density at radius 2 is 0.417 bits per heavy atom. The molecule has 0 radical (unpaired) electrons. The van der Waals surface area contributed by atoms with E-state index in [1.165, 1.54) is 0 Å². The van der Waals surface area contributed by atoms with Crippen LogP contribution >= 0.6 is 0 Å². The fourth-order valence-corrected chi connectivity index (χ4v) is 16.8. The zero-order chi connectivity index (χ0) is 66.7. The van der Waals surface area contributed by atoms with Gasteiger partial charge in [0, 0.05) is 92.4 Å². The van der Waals surface area contributed by atoms with Crippen LogP contribution in [0, 0.1) is 23.7 Å². The number of rotatable bonds is 16. The topological polar surface area (TPSA) is 199 Å². The third-order valence-corrected chi connectivity index (χ3v) is 22.7. The summed E-state index contributed by atoms with van der Waals surface area (Å²) >= 11 is 0. The third-order valence-electron chi connectivity index (χ3n) is 22.7. The molecule has 4 saturated carbocycles. The normalized spacial score (nSPS) is 25.1. The van der Waals surface area contributed by atoms with Crippen molar-refractivity contribution in [2.45, 2.75) is 204 Å². The van der Waals surface area contributed by atoms with Gasteiger partial charge in [-0.2, -0.15) is 0 Å². The highest BCUT2D eigenvalue weighted by atomic mass is 16.5. The molecule has 4 fully saturated rings. The Labute approximate surface area is 566 Å². The van der Waals surface area contributed by atoms with E-state index >= 15 is 0 Å². The number of phenols is 8. The molecule has 0 heterocycles. The Bertz CT molecular complexity index is 3430. The lowest BCUT2D eigenvalue weighted by Gasteiger charge is -2.34. The van der Waals surface area contributed by atoms with E-state index in [0.29, 0.717) is 113 Å². The minimum Gasteiger partial charge on any atom is -0.508 e. The van der Waals surface area contributed by atoms with Crippen molar-refractivity contribution in [3.05, 3.63) is 212 Å². The molecule has 8 bridgehead atoms. The van der Waals surface area contributed by atoms with Gasteiger partial charge in [-0.15, -0.1) is 0 Å². The standard InChI is InChI=1S/C84H96O12/c1-5-49-9-33-61(34-10-49)93-77-45-73(89)65-41-69(77)81(53-17-25-57(85)26-18-53)66-42-70(78(46-74(66)90)94-62-35-11-50(6-2)12-36-62)83(55-21-29-59(87)30-22-55)68-44-72(80(48-76(68)92)96-64-39-15-52(8-4)16-40-64)84(56-23-31-60(88)32-24-56)67-43-71(82(65)54-19-27-58(86)28-20-54)79(47-75(67)91)95-63-37-13-51(7-3)14-38-63/h17-32,41-52,61-64,81-92H,5-16,33-40H2,1-4H3. The van der Waals surface area contributed by atoms with Gasteiger partial charge < -0.3 is 59.8 Å². The number of phenolic OH excluding ortho intramolecular Hbond substituents is 8. The Morgan fingerprint density at radius 1 is 0.240 bits per heavy atom. The van der Waals surface area contributed by atoms with Crippen LogP contribution in [-0.2, 0) is 0 Å². The lowest BCUT2D eigenvalue weighted by atomic mass is 9.75. The second-order valence-corrected chi connectivity index (χ2v) is 28.6. The zero-order valence-electron chi connectivity index (χ0n) is 56.1. The third kappa shape index (κ3) is 14.1. The van der Waals surface area contributed by atoms with E-state index in [2.05, 4.69) is 27.7 Å². The van der Waals surface area contributed by atoms with Crippen LogP contribution in [0.1, 0.15) is 247 Å². The second-order valence-electron chi connectivity index (χ2n) is 28.6. The van der Waals surface area contributed by atoms with Gasteiger partial charge >= 0.3 is 0 Å². The summed E-state index contributed by atoms with van der Waals surface area (Å²) < 4.78 is 29.3. The molecule has 8 aromatic rings. The van der Waals surface area contributed by atoms with Crippen LogP contribution in [0.3, 0.4) is 0 Å².